The minimum absolute atomic E-state index is 0.0193. The highest BCUT2D eigenvalue weighted by Gasteiger charge is 2.25. The summed E-state index contributed by atoms with van der Waals surface area (Å²) in [6.45, 7) is 6.56. The number of fused-ring (bicyclic) bond motifs is 1. The molecule has 1 amide bonds. The van der Waals surface area contributed by atoms with Crippen LogP contribution in [0.4, 0.5) is 27.3 Å². The van der Waals surface area contributed by atoms with Gasteiger partial charge in [-0.05, 0) is 72.2 Å². The van der Waals surface area contributed by atoms with Gasteiger partial charge in [0, 0.05) is 23.4 Å². The molecule has 0 aliphatic carbocycles. The van der Waals surface area contributed by atoms with Crippen LogP contribution in [0.15, 0.2) is 77.7 Å². The normalized spacial score (nSPS) is 14.7. The summed E-state index contributed by atoms with van der Waals surface area (Å²) in [6.07, 6.45) is 4.06. The smallest absolute Gasteiger partial charge is 0.287 e. The van der Waals surface area contributed by atoms with E-state index in [4.69, 9.17) is 0 Å². The number of aromatic amines is 1. The number of thiophene rings is 1. The lowest BCUT2D eigenvalue weighted by molar-refractivity contribution is 0.103. The van der Waals surface area contributed by atoms with Gasteiger partial charge in [-0.25, -0.2) is 14.5 Å². The predicted molar refractivity (Wildman–Crippen MR) is 163 cm³/mol. The van der Waals surface area contributed by atoms with Gasteiger partial charge in [0.25, 0.3) is 11.5 Å². The molecule has 1 fully saturated rings. The number of halogens is 1. The molecule has 0 radical (unpaired) electrons. The fraction of sp³-hybridized carbons (Fsp3) is 0.226. The number of carbonyl (C=O) groups is 1. The number of carbonyl (C=O) groups excluding carboxylic acids is 1. The third-order valence-corrected chi connectivity index (χ3v) is 8.57. The van der Waals surface area contributed by atoms with Gasteiger partial charge in [0.15, 0.2) is 0 Å². The van der Waals surface area contributed by atoms with E-state index in [-0.39, 0.29) is 11.4 Å². The van der Waals surface area contributed by atoms with Gasteiger partial charge in [0.05, 0.1) is 28.1 Å². The molecule has 4 heterocycles. The van der Waals surface area contributed by atoms with E-state index in [1.54, 1.807) is 18.2 Å². The van der Waals surface area contributed by atoms with Gasteiger partial charge in [-0.2, -0.15) is 5.10 Å². The highest BCUT2D eigenvalue weighted by atomic mass is 32.1. The van der Waals surface area contributed by atoms with Gasteiger partial charge in [0.2, 0.25) is 0 Å². The number of nitrogens with zero attached hydrogens (tertiary/aromatic N) is 3. The standard InChI is InChI=1S/C31H29FN6O2S/c1-31(2)11-13-38(14-12-31)21-8-10-28(33-18-21)34-25-17-23(36-37-29(25)39)19-7-9-22(32)24(15-19)35-30(40)27-16-20-5-3-4-6-26(20)41-27/h3-10,15-18H,11-14H2,1-2H3,(H,35,40)(H,37,39)(H,33,34,36). The second-order valence-electron chi connectivity index (χ2n) is 11.0. The van der Waals surface area contributed by atoms with Gasteiger partial charge in [-0.15, -0.1) is 11.3 Å². The minimum Gasteiger partial charge on any atom is -0.370 e. The van der Waals surface area contributed by atoms with Gasteiger partial charge >= 0.3 is 0 Å². The number of aromatic nitrogens is 3. The number of hydrogen-bond acceptors (Lipinski definition) is 7. The average Bonchev–Trinajstić information content (AvgIpc) is 3.41. The van der Waals surface area contributed by atoms with Crippen LogP contribution in [0.2, 0.25) is 0 Å². The van der Waals surface area contributed by atoms with E-state index in [1.807, 2.05) is 42.6 Å². The maximum Gasteiger partial charge on any atom is 0.287 e. The number of benzene rings is 2. The van der Waals surface area contributed by atoms with Crippen LogP contribution in [0, 0.1) is 11.2 Å². The maximum atomic E-state index is 14.7. The summed E-state index contributed by atoms with van der Waals surface area (Å²) >= 11 is 1.34. The second kappa shape index (κ2) is 10.8. The number of nitrogens with one attached hydrogen (secondary N) is 3. The van der Waals surface area contributed by atoms with E-state index in [1.165, 1.54) is 23.5 Å². The Hall–Kier alpha value is -4.57. The summed E-state index contributed by atoms with van der Waals surface area (Å²) in [5.74, 6) is -0.460. The average molecular weight is 569 g/mol. The summed E-state index contributed by atoms with van der Waals surface area (Å²) in [4.78, 5) is 32.7. The lowest BCUT2D eigenvalue weighted by Crippen LogP contribution is -2.37. The highest BCUT2D eigenvalue weighted by Crippen LogP contribution is 2.32. The summed E-state index contributed by atoms with van der Waals surface area (Å²) < 4.78 is 15.7. The van der Waals surface area contributed by atoms with Crippen molar-refractivity contribution >= 4 is 50.2 Å². The fourth-order valence-electron chi connectivity index (χ4n) is 4.86. The molecule has 0 unspecified atom stereocenters. The first kappa shape index (κ1) is 26.6. The topological polar surface area (TPSA) is 103 Å². The third-order valence-electron chi connectivity index (χ3n) is 7.46. The summed E-state index contributed by atoms with van der Waals surface area (Å²) in [7, 11) is 0. The number of H-pyrrole nitrogens is 1. The van der Waals surface area contributed by atoms with Crippen LogP contribution < -0.4 is 21.1 Å². The number of rotatable bonds is 6. The fourth-order valence-corrected chi connectivity index (χ4v) is 5.82. The summed E-state index contributed by atoms with van der Waals surface area (Å²) in [6, 6.07) is 19.2. The molecule has 3 aromatic heterocycles. The van der Waals surface area contributed by atoms with E-state index < -0.39 is 17.3 Å². The van der Waals surface area contributed by atoms with Crippen LogP contribution >= 0.6 is 11.3 Å². The molecule has 0 saturated carbocycles. The van der Waals surface area contributed by atoms with Crippen molar-refractivity contribution < 1.29 is 9.18 Å². The Labute approximate surface area is 240 Å². The summed E-state index contributed by atoms with van der Waals surface area (Å²) in [5.41, 5.74) is 2.18. The van der Waals surface area contributed by atoms with E-state index in [0.29, 0.717) is 27.4 Å². The third kappa shape index (κ3) is 5.83. The van der Waals surface area contributed by atoms with Gasteiger partial charge in [0.1, 0.15) is 17.3 Å². The van der Waals surface area contributed by atoms with Crippen LogP contribution in [-0.2, 0) is 0 Å². The Morgan fingerprint density at radius 1 is 1.02 bits per heavy atom. The zero-order valence-corrected chi connectivity index (χ0v) is 23.5. The Morgan fingerprint density at radius 2 is 1.83 bits per heavy atom. The molecule has 5 aromatic rings. The predicted octanol–water partition coefficient (Wildman–Crippen LogP) is 6.81. The number of pyridine rings is 1. The Balaban J connectivity index is 1.19. The van der Waals surface area contributed by atoms with Crippen LogP contribution in [0.3, 0.4) is 0 Å². The van der Waals surface area contributed by atoms with Crippen molar-refractivity contribution in [1.82, 2.24) is 15.2 Å². The van der Waals surface area contributed by atoms with Crippen LogP contribution in [0.25, 0.3) is 21.3 Å². The van der Waals surface area contributed by atoms with Crippen molar-refractivity contribution in [3.63, 3.8) is 0 Å². The molecule has 6 rings (SSSR count). The first-order valence-electron chi connectivity index (χ1n) is 13.4. The van der Waals surface area contributed by atoms with E-state index in [2.05, 4.69) is 44.6 Å². The molecule has 41 heavy (non-hydrogen) atoms. The van der Waals surface area contributed by atoms with Crippen molar-refractivity contribution in [3.05, 3.63) is 94.0 Å². The van der Waals surface area contributed by atoms with Gasteiger partial charge < -0.3 is 15.5 Å². The minimum atomic E-state index is -0.576. The maximum absolute atomic E-state index is 14.7. The lowest BCUT2D eigenvalue weighted by Gasteiger charge is -2.38. The first-order valence-corrected chi connectivity index (χ1v) is 14.2. The van der Waals surface area contributed by atoms with Crippen molar-refractivity contribution in [1.29, 1.82) is 0 Å². The zero-order chi connectivity index (χ0) is 28.6. The molecule has 0 bridgehead atoms. The Morgan fingerprint density at radius 3 is 2.59 bits per heavy atom. The lowest BCUT2D eigenvalue weighted by atomic mass is 9.82. The SMILES string of the molecule is CC1(C)CCN(c2ccc(Nc3cc(-c4ccc(F)c(NC(=O)c5cc6ccccc6s5)c4)n[nH]c3=O)nc2)CC1. The zero-order valence-electron chi connectivity index (χ0n) is 22.7. The molecular formula is C31H29FN6O2S. The molecule has 0 spiro atoms. The molecule has 1 aliphatic heterocycles. The van der Waals surface area contributed by atoms with Crippen molar-refractivity contribution in [2.75, 3.05) is 28.6 Å². The molecule has 1 aliphatic rings. The van der Waals surface area contributed by atoms with Crippen molar-refractivity contribution in [2.24, 2.45) is 5.41 Å². The van der Waals surface area contributed by atoms with E-state index in [0.717, 1.165) is 41.7 Å². The molecule has 2 aromatic carbocycles. The largest absolute Gasteiger partial charge is 0.370 e. The first-order chi connectivity index (χ1) is 19.7. The van der Waals surface area contributed by atoms with Crippen LogP contribution in [-0.4, -0.2) is 34.2 Å². The Bertz CT molecular complexity index is 1750. The number of anilines is 4. The van der Waals surface area contributed by atoms with Crippen molar-refractivity contribution in [3.8, 4) is 11.3 Å². The number of piperidine rings is 1. The van der Waals surface area contributed by atoms with E-state index in [9.17, 15) is 14.0 Å². The monoisotopic (exact) mass is 568 g/mol. The molecule has 0 atom stereocenters. The van der Waals surface area contributed by atoms with E-state index >= 15 is 0 Å². The highest BCUT2D eigenvalue weighted by molar-refractivity contribution is 7.20. The van der Waals surface area contributed by atoms with Gasteiger partial charge in [-0.3, -0.25) is 9.59 Å². The number of hydrogen-bond donors (Lipinski definition) is 3. The number of amides is 1. The van der Waals surface area contributed by atoms with Gasteiger partial charge in [-0.1, -0.05) is 32.0 Å². The van der Waals surface area contributed by atoms with Crippen LogP contribution in [0.5, 0.6) is 0 Å². The summed E-state index contributed by atoms with van der Waals surface area (Å²) in [5, 5.41) is 13.3. The van der Waals surface area contributed by atoms with Crippen molar-refractivity contribution in [2.45, 2.75) is 26.7 Å². The van der Waals surface area contributed by atoms with Crippen LogP contribution in [0.1, 0.15) is 36.4 Å². The molecular weight excluding hydrogens is 539 g/mol. The quantitative estimate of drug-likeness (QED) is 0.208. The Kier molecular flexibility index (Phi) is 7.00. The molecule has 10 heteroatoms. The molecule has 208 valence electrons. The molecule has 8 nitrogen and oxygen atoms in total. The molecule has 1 saturated heterocycles. The molecule has 3 N–H and O–H groups in total. The second-order valence-corrected chi connectivity index (χ2v) is 12.1.